The number of carbonyl (C=O) groups excluding carboxylic acids is 1. The Morgan fingerprint density at radius 1 is 1.24 bits per heavy atom. The number of amides is 1. The molecule has 1 amide bonds. The van der Waals surface area contributed by atoms with Crippen LogP contribution in [0.2, 0.25) is 0 Å². The van der Waals surface area contributed by atoms with E-state index in [0.717, 1.165) is 30.1 Å². The van der Waals surface area contributed by atoms with Gasteiger partial charge < -0.3 is 15.4 Å². The van der Waals surface area contributed by atoms with Crippen LogP contribution < -0.4 is 15.4 Å². The summed E-state index contributed by atoms with van der Waals surface area (Å²) in [6.07, 6.45) is 5.08. The van der Waals surface area contributed by atoms with Gasteiger partial charge in [0.2, 0.25) is 5.91 Å². The van der Waals surface area contributed by atoms with E-state index in [1.807, 2.05) is 18.2 Å². The molecule has 112 valence electrons. The van der Waals surface area contributed by atoms with Crippen LogP contribution in [0.4, 0.5) is 5.69 Å². The minimum Gasteiger partial charge on any atom is -0.492 e. The summed E-state index contributed by atoms with van der Waals surface area (Å²) in [5.41, 5.74) is 2.02. The second kappa shape index (κ2) is 5.34. The van der Waals surface area contributed by atoms with Crippen molar-refractivity contribution in [2.75, 3.05) is 18.5 Å². The Morgan fingerprint density at radius 2 is 2.05 bits per heavy atom. The first-order valence-electron chi connectivity index (χ1n) is 8.10. The summed E-state index contributed by atoms with van der Waals surface area (Å²) in [5.74, 6) is 2.72. The smallest absolute Gasteiger partial charge is 0.228 e. The predicted octanol–water partition coefficient (Wildman–Crippen LogP) is 2.54. The molecule has 0 spiro atoms. The van der Waals surface area contributed by atoms with Crippen LogP contribution in [-0.4, -0.2) is 19.1 Å². The van der Waals surface area contributed by atoms with E-state index in [9.17, 15) is 4.79 Å². The maximum Gasteiger partial charge on any atom is 0.228 e. The van der Waals surface area contributed by atoms with Gasteiger partial charge in [-0.15, -0.1) is 0 Å². The number of nitrogens with one attached hydrogen (secondary N) is 2. The summed E-state index contributed by atoms with van der Waals surface area (Å²) in [6.45, 7) is 2.36. The van der Waals surface area contributed by atoms with Crippen molar-refractivity contribution in [1.29, 1.82) is 0 Å². The third-order valence-corrected chi connectivity index (χ3v) is 5.14. The van der Waals surface area contributed by atoms with Crippen LogP contribution in [0.25, 0.3) is 0 Å². The maximum atomic E-state index is 12.4. The molecule has 2 atom stereocenters. The van der Waals surface area contributed by atoms with Gasteiger partial charge in [-0.2, -0.15) is 0 Å². The molecule has 2 unspecified atom stereocenters. The van der Waals surface area contributed by atoms with Crippen LogP contribution in [0.3, 0.4) is 0 Å². The van der Waals surface area contributed by atoms with E-state index >= 15 is 0 Å². The predicted molar refractivity (Wildman–Crippen MR) is 81.2 cm³/mol. The first-order valence-corrected chi connectivity index (χ1v) is 8.10. The topological polar surface area (TPSA) is 50.4 Å². The van der Waals surface area contributed by atoms with Crippen molar-refractivity contribution >= 4 is 11.6 Å². The number of rotatable bonds is 2. The van der Waals surface area contributed by atoms with Crippen molar-refractivity contribution < 1.29 is 9.53 Å². The number of benzene rings is 1. The second-order valence-corrected chi connectivity index (χ2v) is 6.47. The van der Waals surface area contributed by atoms with Crippen molar-refractivity contribution in [3.63, 3.8) is 0 Å². The molecule has 3 aliphatic rings. The third-order valence-electron chi connectivity index (χ3n) is 5.14. The van der Waals surface area contributed by atoms with Gasteiger partial charge in [0.15, 0.2) is 0 Å². The number of anilines is 1. The molecular weight excluding hydrogens is 264 g/mol. The summed E-state index contributed by atoms with van der Waals surface area (Å²) in [7, 11) is 0. The van der Waals surface area contributed by atoms with Crippen LogP contribution in [0.15, 0.2) is 18.2 Å². The normalized spacial score (nSPS) is 30.4. The van der Waals surface area contributed by atoms with E-state index in [1.54, 1.807) is 0 Å². The fraction of sp³-hybridized carbons (Fsp3) is 0.588. The van der Waals surface area contributed by atoms with Gasteiger partial charge in [0.1, 0.15) is 12.4 Å². The molecule has 4 rings (SSSR count). The van der Waals surface area contributed by atoms with E-state index in [1.165, 1.54) is 25.7 Å². The Hall–Kier alpha value is -1.55. The van der Waals surface area contributed by atoms with Crippen LogP contribution in [0.1, 0.15) is 31.2 Å². The Kier molecular flexibility index (Phi) is 3.34. The molecule has 4 heteroatoms. The zero-order valence-electron chi connectivity index (χ0n) is 12.2. The lowest BCUT2D eigenvalue weighted by Crippen LogP contribution is -2.17. The van der Waals surface area contributed by atoms with Crippen LogP contribution >= 0.6 is 0 Å². The number of fused-ring (bicyclic) bond motifs is 2. The Morgan fingerprint density at radius 3 is 2.86 bits per heavy atom. The number of ether oxygens (including phenoxy) is 1. The van der Waals surface area contributed by atoms with Crippen LogP contribution in [0, 0.1) is 17.8 Å². The highest BCUT2D eigenvalue weighted by molar-refractivity contribution is 5.95. The largest absolute Gasteiger partial charge is 0.492 e. The zero-order valence-corrected chi connectivity index (χ0v) is 12.2. The summed E-state index contributed by atoms with van der Waals surface area (Å²) in [4.78, 5) is 12.4. The Balaban J connectivity index is 1.45. The van der Waals surface area contributed by atoms with Gasteiger partial charge in [-0.05, 0) is 42.9 Å². The van der Waals surface area contributed by atoms with E-state index < -0.39 is 0 Å². The van der Waals surface area contributed by atoms with Crippen molar-refractivity contribution in [3.8, 4) is 5.75 Å². The van der Waals surface area contributed by atoms with E-state index in [0.29, 0.717) is 18.4 Å². The van der Waals surface area contributed by atoms with Crippen molar-refractivity contribution in [3.05, 3.63) is 23.8 Å². The molecule has 4 nitrogen and oxygen atoms in total. The third kappa shape index (κ3) is 2.53. The molecule has 1 aromatic rings. The van der Waals surface area contributed by atoms with E-state index in [2.05, 4.69) is 10.6 Å². The fourth-order valence-electron chi connectivity index (χ4n) is 4.00. The quantitative estimate of drug-likeness (QED) is 0.878. The average Bonchev–Trinajstić information content (AvgIpc) is 3.26. The molecule has 0 saturated heterocycles. The zero-order chi connectivity index (χ0) is 14.2. The summed E-state index contributed by atoms with van der Waals surface area (Å²) >= 11 is 0. The lowest BCUT2D eigenvalue weighted by molar-refractivity contribution is -0.117. The Bertz CT molecular complexity index is 546. The van der Waals surface area contributed by atoms with Crippen LogP contribution in [0.5, 0.6) is 5.75 Å². The number of hydrogen-bond donors (Lipinski definition) is 2. The minimum absolute atomic E-state index is 0.217. The molecule has 2 aliphatic carbocycles. The van der Waals surface area contributed by atoms with E-state index in [4.69, 9.17) is 4.74 Å². The highest BCUT2D eigenvalue weighted by atomic mass is 16.5. The molecule has 0 aromatic heterocycles. The number of carbonyl (C=O) groups is 1. The van der Waals surface area contributed by atoms with Crippen molar-refractivity contribution in [2.45, 2.75) is 32.2 Å². The molecule has 1 aliphatic heterocycles. The monoisotopic (exact) mass is 286 g/mol. The van der Waals surface area contributed by atoms with Gasteiger partial charge >= 0.3 is 0 Å². The molecule has 0 radical (unpaired) electrons. The molecule has 2 fully saturated rings. The van der Waals surface area contributed by atoms with Gasteiger partial charge in [0.05, 0.1) is 0 Å². The maximum absolute atomic E-state index is 12.4. The molecule has 0 bridgehead atoms. The van der Waals surface area contributed by atoms with Crippen molar-refractivity contribution in [2.24, 2.45) is 17.8 Å². The Labute approximate surface area is 125 Å². The molecular formula is C17H22N2O2. The minimum atomic E-state index is 0.217. The lowest BCUT2D eigenvalue weighted by Gasteiger charge is -2.10. The SMILES string of the molecule is O=C(Nc1ccc2c(c1)CNCCO2)C1C2CCCCC21. The molecule has 1 aromatic carbocycles. The fourth-order valence-corrected chi connectivity index (χ4v) is 4.00. The average molecular weight is 286 g/mol. The van der Waals surface area contributed by atoms with Gasteiger partial charge in [-0.1, -0.05) is 12.8 Å². The highest BCUT2D eigenvalue weighted by Gasteiger charge is 2.54. The lowest BCUT2D eigenvalue weighted by atomic mass is 10.0. The summed E-state index contributed by atoms with van der Waals surface area (Å²) in [6, 6.07) is 5.96. The van der Waals surface area contributed by atoms with Crippen LogP contribution in [-0.2, 0) is 11.3 Å². The highest BCUT2D eigenvalue weighted by Crippen LogP contribution is 2.55. The molecule has 21 heavy (non-hydrogen) atoms. The van der Waals surface area contributed by atoms with Crippen molar-refractivity contribution in [1.82, 2.24) is 5.32 Å². The molecule has 2 N–H and O–H groups in total. The molecule has 2 saturated carbocycles. The van der Waals surface area contributed by atoms with E-state index in [-0.39, 0.29) is 11.8 Å². The first-order chi connectivity index (χ1) is 10.3. The second-order valence-electron chi connectivity index (χ2n) is 6.47. The molecule has 1 heterocycles. The number of hydrogen-bond acceptors (Lipinski definition) is 3. The van der Waals surface area contributed by atoms with Gasteiger partial charge in [0.25, 0.3) is 0 Å². The summed E-state index contributed by atoms with van der Waals surface area (Å²) in [5, 5.41) is 6.43. The first kappa shape index (κ1) is 13.1. The van der Waals surface area contributed by atoms with Gasteiger partial charge in [-0.3, -0.25) is 4.79 Å². The van der Waals surface area contributed by atoms with Gasteiger partial charge in [0, 0.05) is 30.3 Å². The van der Waals surface area contributed by atoms with Gasteiger partial charge in [-0.25, -0.2) is 0 Å². The standard InChI is InChI=1S/C17H22N2O2/c20-17(16-13-3-1-2-4-14(13)16)19-12-5-6-15-11(9-12)10-18-7-8-21-15/h5-6,9,13-14,16,18H,1-4,7-8,10H2,(H,19,20). The summed E-state index contributed by atoms with van der Waals surface area (Å²) < 4.78 is 5.67.